The standard InChI is InChI=1S/C16H26N4/c1-2-17-15-13-9-5-3-6-10-14(13)18-16(19-15)20-11-7-4-8-12-20/h2-12H2,1H3,(H,17,18,19). The summed E-state index contributed by atoms with van der Waals surface area (Å²) in [6, 6.07) is 0. The molecule has 0 unspecified atom stereocenters. The maximum absolute atomic E-state index is 4.91. The minimum atomic E-state index is 0.933. The van der Waals surface area contributed by atoms with Crippen molar-refractivity contribution in [2.45, 2.75) is 58.3 Å². The highest BCUT2D eigenvalue weighted by atomic mass is 15.3. The van der Waals surface area contributed by atoms with Crippen LogP contribution in [0.1, 0.15) is 56.7 Å². The molecule has 0 saturated carbocycles. The van der Waals surface area contributed by atoms with Gasteiger partial charge >= 0.3 is 0 Å². The molecule has 1 saturated heterocycles. The average molecular weight is 274 g/mol. The van der Waals surface area contributed by atoms with Gasteiger partial charge in [0.25, 0.3) is 0 Å². The normalized spacial score (nSPS) is 19.4. The average Bonchev–Trinajstić information content (AvgIpc) is 2.74. The minimum Gasteiger partial charge on any atom is -0.370 e. The van der Waals surface area contributed by atoms with Crippen molar-refractivity contribution in [3.63, 3.8) is 0 Å². The van der Waals surface area contributed by atoms with Crippen LogP contribution in [0.2, 0.25) is 0 Å². The topological polar surface area (TPSA) is 41.1 Å². The number of rotatable bonds is 3. The van der Waals surface area contributed by atoms with Crippen LogP contribution in [0.3, 0.4) is 0 Å². The quantitative estimate of drug-likeness (QED) is 0.860. The monoisotopic (exact) mass is 274 g/mol. The van der Waals surface area contributed by atoms with E-state index in [9.17, 15) is 0 Å². The van der Waals surface area contributed by atoms with Crippen molar-refractivity contribution in [3.8, 4) is 0 Å². The molecule has 1 aromatic rings. The molecule has 0 bridgehead atoms. The van der Waals surface area contributed by atoms with Crippen molar-refractivity contribution in [1.82, 2.24) is 9.97 Å². The molecule has 110 valence electrons. The Morgan fingerprint density at radius 2 is 1.70 bits per heavy atom. The Labute approximate surface area is 122 Å². The summed E-state index contributed by atoms with van der Waals surface area (Å²) in [6.07, 6.45) is 10.0. The van der Waals surface area contributed by atoms with E-state index in [1.165, 1.54) is 49.8 Å². The lowest BCUT2D eigenvalue weighted by Gasteiger charge is -2.28. The van der Waals surface area contributed by atoms with E-state index in [0.717, 1.165) is 44.2 Å². The van der Waals surface area contributed by atoms with Gasteiger partial charge in [-0.2, -0.15) is 4.98 Å². The number of nitrogens with one attached hydrogen (secondary N) is 1. The van der Waals surface area contributed by atoms with Crippen LogP contribution in [0.5, 0.6) is 0 Å². The molecule has 2 heterocycles. The van der Waals surface area contributed by atoms with E-state index in [2.05, 4.69) is 17.1 Å². The predicted molar refractivity (Wildman–Crippen MR) is 83.5 cm³/mol. The first kappa shape index (κ1) is 13.7. The number of anilines is 2. The molecule has 0 aromatic carbocycles. The summed E-state index contributed by atoms with van der Waals surface area (Å²) in [4.78, 5) is 12.1. The third-order valence-electron chi connectivity index (χ3n) is 4.40. The number of hydrogen-bond acceptors (Lipinski definition) is 4. The van der Waals surface area contributed by atoms with Gasteiger partial charge in [-0.3, -0.25) is 0 Å². The summed E-state index contributed by atoms with van der Waals surface area (Å²) in [6.45, 7) is 5.31. The summed E-state index contributed by atoms with van der Waals surface area (Å²) in [5, 5.41) is 3.47. The van der Waals surface area contributed by atoms with Crippen molar-refractivity contribution >= 4 is 11.8 Å². The highest BCUT2D eigenvalue weighted by molar-refractivity contribution is 5.52. The fourth-order valence-corrected chi connectivity index (χ4v) is 3.31. The van der Waals surface area contributed by atoms with Crippen molar-refractivity contribution in [3.05, 3.63) is 11.3 Å². The van der Waals surface area contributed by atoms with E-state index in [1.54, 1.807) is 0 Å². The largest absolute Gasteiger partial charge is 0.370 e. The zero-order chi connectivity index (χ0) is 13.8. The van der Waals surface area contributed by atoms with Crippen LogP contribution in [0.15, 0.2) is 0 Å². The van der Waals surface area contributed by atoms with Crippen LogP contribution in [-0.4, -0.2) is 29.6 Å². The van der Waals surface area contributed by atoms with E-state index in [4.69, 9.17) is 9.97 Å². The zero-order valence-electron chi connectivity index (χ0n) is 12.6. The second-order valence-electron chi connectivity index (χ2n) is 5.94. The molecule has 4 nitrogen and oxygen atoms in total. The number of hydrogen-bond donors (Lipinski definition) is 1. The Morgan fingerprint density at radius 3 is 2.50 bits per heavy atom. The predicted octanol–water partition coefficient (Wildman–Crippen LogP) is 3.17. The molecule has 0 spiro atoms. The highest BCUT2D eigenvalue weighted by Gasteiger charge is 2.20. The molecule has 3 rings (SSSR count). The molecule has 1 aromatic heterocycles. The molecule has 20 heavy (non-hydrogen) atoms. The fourth-order valence-electron chi connectivity index (χ4n) is 3.31. The summed E-state index contributed by atoms with van der Waals surface area (Å²) >= 11 is 0. The Balaban J connectivity index is 1.94. The van der Waals surface area contributed by atoms with Gasteiger partial charge < -0.3 is 10.2 Å². The van der Waals surface area contributed by atoms with Crippen LogP contribution in [0, 0.1) is 0 Å². The molecule has 4 heteroatoms. The maximum Gasteiger partial charge on any atom is 0.227 e. The van der Waals surface area contributed by atoms with E-state index in [1.807, 2.05) is 0 Å². The first-order chi connectivity index (χ1) is 9.88. The molecule has 1 aliphatic heterocycles. The number of nitrogens with zero attached hydrogens (tertiary/aromatic N) is 3. The van der Waals surface area contributed by atoms with Crippen LogP contribution in [-0.2, 0) is 12.8 Å². The van der Waals surface area contributed by atoms with Crippen molar-refractivity contribution < 1.29 is 0 Å². The first-order valence-electron chi connectivity index (χ1n) is 8.27. The van der Waals surface area contributed by atoms with Gasteiger partial charge in [-0.15, -0.1) is 0 Å². The lowest BCUT2D eigenvalue weighted by molar-refractivity contribution is 0.567. The second kappa shape index (κ2) is 6.42. The van der Waals surface area contributed by atoms with E-state index >= 15 is 0 Å². The lowest BCUT2D eigenvalue weighted by atomic mass is 10.1. The minimum absolute atomic E-state index is 0.933. The summed E-state index contributed by atoms with van der Waals surface area (Å²) < 4.78 is 0. The number of fused-ring (bicyclic) bond motifs is 1. The van der Waals surface area contributed by atoms with Crippen molar-refractivity contribution in [2.24, 2.45) is 0 Å². The molecule has 1 aliphatic carbocycles. The van der Waals surface area contributed by atoms with E-state index in [-0.39, 0.29) is 0 Å². The number of piperidine rings is 1. The fraction of sp³-hybridized carbons (Fsp3) is 0.750. The second-order valence-corrected chi connectivity index (χ2v) is 5.94. The maximum atomic E-state index is 4.91. The Bertz CT molecular complexity index is 452. The third kappa shape index (κ3) is 2.89. The Kier molecular flexibility index (Phi) is 4.38. The van der Waals surface area contributed by atoms with Gasteiger partial charge in [0.1, 0.15) is 5.82 Å². The molecular formula is C16H26N4. The summed E-state index contributed by atoms with van der Waals surface area (Å²) in [7, 11) is 0. The summed E-state index contributed by atoms with van der Waals surface area (Å²) in [5.41, 5.74) is 2.68. The van der Waals surface area contributed by atoms with Crippen molar-refractivity contribution in [1.29, 1.82) is 0 Å². The Hall–Kier alpha value is -1.32. The molecule has 0 radical (unpaired) electrons. The van der Waals surface area contributed by atoms with Gasteiger partial charge in [0.15, 0.2) is 0 Å². The van der Waals surface area contributed by atoms with Crippen LogP contribution in [0.4, 0.5) is 11.8 Å². The van der Waals surface area contributed by atoms with Gasteiger partial charge in [0.05, 0.1) is 5.69 Å². The highest BCUT2D eigenvalue weighted by Crippen LogP contribution is 2.28. The first-order valence-corrected chi connectivity index (χ1v) is 8.27. The van der Waals surface area contributed by atoms with Crippen molar-refractivity contribution in [2.75, 3.05) is 29.9 Å². The SMILES string of the molecule is CCNc1nc(N2CCCCC2)nc2c1CCCCC2. The lowest BCUT2D eigenvalue weighted by Crippen LogP contribution is -2.31. The van der Waals surface area contributed by atoms with Crippen LogP contribution >= 0.6 is 0 Å². The number of aryl methyl sites for hydroxylation is 1. The molecule has 0 amide bonds. The van der Waals surface area contributed by atoms with Gasteiger partial charge in [0, 0.05) is 25.2 Å². The molecule has 2 aliphatic rings. The van der Waals surface area contributed by atoms with Crippen LogP contribution < -0.4 is 10.2 Å². The zero-order valence-corrected chi connectivity index (χ0v) is 12.6. The van der Waals surface area contributed by atoms with E-state index in [0.29, 0.717) is 0 Å². The van der Waals surface area contributed by atoms with Gasteiger partial charge in [-0.1, -0.05) is 6.42 Å². The smallest absolute Gasteiger partial charge is 0.227 e. The van der Waals surface area contributed by atoms with Gasteiger partial charge in [0.2, 0.25) is 5.95 Å². The molecular weight excluding hydrogens is 248 g/mol. The van der Waals surface area contributed by atoms with Gasteiger partial charge in [-0.05, 0) is 51.9 Å². The number of aromatic nitrogens is 2. The molecule has 1 N–H and O–H groups in total. The third-order valence-corrected chi connectivity index (χ3v) is 4.40. The van der Waals surface area contributed by atoms with E-state index < -0.39 is 0 Å². The van der Waals surface area contributed by atoms with Gasteiger partial charge in [-0.25, -0.2) is 4.98 Å². The van der Waals surface area contributed by atoms with Crippen LogP contribution in [0.25, 0.3) is 0 Å². The molecule has 1 fully saturated rings. The Morgan fingerprint density at radius 1 is 0.950 bits per heavy atom. The summed E-state index contributed by atoms with van der Waals surface area (Å²) in [5.74, 6) is 2.06. The molecule has 0 atom stereocenters.